The zero-order chi connectivity index (χ0) is 9.71. The quantitative estimate of drug-likeness (QED) is 0.610. The molecule has 0 radical (unpaired) electrons. The number of benzene rings is 1. The van der Waals surface area contributed by atoms with Crippen LogP contribution >= 0.6 is 0 Å². The Bertz CT molecular complexity index is 389. The predicted octanol–water partition coefficient (Wildman–Crippen LogP) is 1.51. The molecule has 1 aromatic rings. The maximum Gasteiger partial charge on any atom is 0.119 e. The first-order chi connectivity index (χ1) is 6.77. The zero-order valence-corrected chi connectivity index (χ0v) is 8.03. The second-order valence-electron chi connectivity index (χ2n) is 4.24. The monoisotopic (exact) mass is 190 g/mol. The van der Waals surface area contributed by atoms with Crippen molar-refractivity contribution in [2.45, 2.75) is 25.2 Å². The van der Waals surface area contributed by atoms with Gasteiger partial charge in [-0.1, -0.05) is 0 Å². The van der Waals surface area contributed by atoms with Crippen LogP contribution in [0.5, 0.6) is 5.75 Å². The van der Waals surface area contributed by atoms with Gasteiger partial charge in [0.1, 0.15) is 5.75 Å². The number of hydrogen-bond acceptors (Lipinski definition) is 3. The fourth-order valence-electron chi connectivity index (χ4n) is 2.80. The number of rotatable bonds is 0. The van der Waals surface area contributed by atoms with Crippen molar-refractivity contribution in [1.82, 2.24) is 0 Å². The van der Waals surface area contributed by atoms with Crippen LogP contribution in [-0.2, 0) is 6.42 Å². The summed E-state index contributed by atoms with van der Waals surface area (Å²) in [6.07, 6.45) is 3.37. The Morgan fingerprint density at radius 2 is 2.29 bits per heavy atom. The molecule has 0 fully saturated rings. The third-order valence-corrected chi connectivity index (χ3v) is 3.42. The molecule has 3 heteroatoms. The number of phenols is 1. The van der Waals surface area contributed by atoms with Crippen molar-refractivity contribution in [2.24, 2.45) is 5.84 Å². The fraction of sp³-hybridized carbons (Fsp3) is 0.455. The molecule has 1 atom stereocenters. The van der Waals surface area contributed by atoms with Crippen LogP contribution in [0.1, 0.15) is 29.9 Å². The summed E-state index contributed by atoms with van der Waals surface area (Å²) in [6, 6.07) is 3.70. The van der Waals surface area contributed by atoms with E-state index in [1.165, 1.54) is 18.4 Å². The van der Waals surface area contributed by atoms with Gasteiger partial charge < -0.3 is 10.1 Å². The van der Waals surface area contributed by atoms with Gasteiger partial charge in [-0.05, 0) is 42.5 Å². The van der Waals surface area contributed by atoms with E-state index in [4.69, 9.17) is 5.84 Å². The number of phenolic OH excluding ortho intramolecular Hbond substituents is 1. The van der Waals surface area contributed by atoms with Gasteiger partial charge in [-0.2, -0.15) is 0 Å². The van der Waals surface area contributed by atoms with Gasteiger partial charge in [0, 0.05) is 12.5 Å². The van der Waals surface area contributed by atoms with Gasteiger partial charge in [0.05, 0.1) is 5.69 Å². The summed E-state index contributed by atoms with van der Waals surface area (Å²) in [5.74, 6) is 6.91. The minimum atomic E-state index is 0.448. The van der Waals surface area contributed by atoms with E-state index in [9.17, 15) is 5.11 Å². The van der Waals surface area contributed by atoms with Crippen molar-refractivity contribution in [2.75, 3.05) is 11.6 Å². The molecule has 1 aromatic carbocycles. The van der Waals surface area contributed by atoms with Gasteiger partial charge in [0.15, 0.2) is 0 Å². The van der Waals surface area contributed by atoms with Crippen molar-refractivity contribution >= 4 is 5.69 Å². The van der Waals surface area contributed by atoms with E-state index in [1.54, 1.807) is 6.07 Å². The Morgan fingerprint density at radius 1 is 1.43 bits per heavy atom. The average molecular weight is 190 g/mol. The second-order valence-corrected chi connectivity index (χ2v) is 4.24. The molecule has 3 N–H and O–H groups in total. The number of hydrazine groups is 1. The predicted molar refractivity (Wildman–Crippen MR) is 55.3 cm³/mol. The van der Waals surface area contributed by atoms with Gasteiger partial charge in [-0.3, -0.25) is 0 Å². The number of hydrogen-bond donors (Lipinski definition) is 2. The van der Waals surface area contributed by atoms with Gasteiger partial charge in [0.2, 0.25) is 0 Å². The lowest BCUT2D eigenvalue weighted by molar-refractivity contribution is 0.458. The van der Waals surface area contributed by atoms with Crippen LogP contribution in [0.15, 0.2) is 12.1 Å². The first kappa shape index (κ1) is 8.12. The number of nitrogens with two attached hydrogens (primary N) is 1. The average Bonchev–Trinajstić information content (AvgIpc) is 2.50. The summed E-state index contributed by atoms with van der Waals surface area (Å²) >= 11 is 0. The standard InChI is InChI=1S/C11H14N2O/c12-13-6-7-2-1-3-8-10(14)5-4-9(13)11(7)8/h4-5,7,14H,1-3,6,12H2. The number of aromatic hydroxyl groups is 1. The molecule has 2 aliphatic rings. The van der Waals surface area contributed by atoms with Crippen LogP contribution in [0.2, 0.25) is 0 Å². The van der Waals surface area contributed by atoms with Crippen molar-refractivity contribution in [1.29, 1.82) is 0 Å². The lowest BCUT2D eigenvalue weighted by atomic mass is 9.84. The van der Waals surface area contributed by atoms with Gasteiger partial charge in [0.25, 0.3) is 0 Å². The molecule has 74 valence electrons. The van der Waals surface area contributed by atoms with Crippen LogP contribution in [0.4, 0.5) is 5.69 Å². The Kier molecular flexibility index (Phi) is 1.53. The summed E-state index contributed by atoms with van der Waals surface area (Å²) in [5, 5.41) is 11.6. The summed E-state index contributed by atoms with van der Waals surface area (Å²) < 4.78 is 0. The third-order valence-electron chi connectivity index (χ3n) is 3.42. The molecule has 0 amide bonds. The summed E-state index contributed by atoms with van der Waals surface area (Å²) in [5.41, 5.74) is 3.55. The van der Waals surface area contributed by atoms with Crippen molar-refractivity contribution in [3.63, 3.8) is 0 Å². The lowest BCUT2D eigenvalue weighted by Gasteiger charge is -2.20. The van der Waals surface area contributed by atoms with E-state index in [-0.39, 0.29) is 0 Å². The molecular weight excluding hydrogens is 176 g/mol. The van der Waals surface area contributed by atoms with Gasteiger partial charge >= 0.3 is 0 Å². The Balaban J connectivity index is 2.25. The SMILES string of the molecule is NN1CC2CCCc3c(O)ccc1c32. The second kappa shape index (κ2) is 2.64. The summed E-state index contributed by atoms with van der Waals surface area (Å²) in [7, 11) is 0. The molecular formula is C11H14N2O. The highest BCUT2D eigenvalue weighted by atomic mass is 16.3. The molecule has 3 rings (SSSR count). The van der Waals surface area contributed by atoms with Crippen LogP contribution in [0.3, 0.4) is 0 Å². The molecule has 1 aliphatic heterocycles. The molecule has 1 unspecified atom stereocenters. The van der Waals surface area contributed by atoms with Crippen LogP contribution in [0, 0.1) is 0 Å². The Hall–Kier alpha value is -1.22. The fourth-order valence-corrected chi connectivity index (χ4v) is 2.80. The third kappa shape index (κ3) is 0.904. The molecule has 3 nitrogen and oxygen atoms in total. The molecule has 0 saturated carbocycles. The van der Waals surface area contributed by atoms with Gasteiger partial charge in [-0.25, -0.2) is 5.84 Å². The summed E-state index contributed by atoms with van der Waals surface area (Å²) in [4.78, 5) is 0. The van der Waals surface area contributed by atoms with Crippen LogP contribution in [0.25, 0.3) is 0 Å². The molecule has 0 aromatic heterocycles. The Morgan fingerprint density at radius 3 is 3.14 bits per heavy atom. The molecule has 0 spiro atoms. The smallest absolute Gasteiger partial charge is 0.119 e. The highest BCUT2D eigenvalue weighted by Gasteiger charge is 2.33. The highest BCUT2D eigenvalue weighted by molar-refractivity contribution is 5.65. The summed E-state index contributed by atoms with van der Waals surface area (Å²) in [6.45, 7) is 0.909. The van der Waals surface area contributed by atoms with E-state index in [2.05, 4.69) is 0 Å². The Labute approximate surface area is 83.1 Å². The maximum absolute atomic E-state index is 9.75. The van der Waals surface area contributed by atoms with E-state index in [1.807, 2.05) is 11.1 Å². The minimum absolute atomic E-state index is 0.448. The van der Waals surface area contributed by atoms with Crippen molar-refractivity contribution in [3.05, 3.63) is 23.3 Å². The van der Waals surface area contributed by atoms with Crippen molar-refractivity contribution < 1.29 is 5.11 Å². The topological polar surface area (TPSA) is 49.5 Å². The number of anilines is 1. The van der Waals surface area contributed by atoms with E-state index in [0.717, 1.165) is 24.2 Å². The number of nitrogens with zero attached hydrogens (tertiary/aromatic N) is 1. The largest absolute Gasteiger partial charge is 0.508 e. The molecule has 1 aliphatic carbocycles. The van der Waals surface area contributed by atoms with Crippen LogP contribution in [-0.4, -0.2) is 11.7 Å². The minimum Gasteiger partial charge on any atom is -0.508 e. The first-order valence-electron chi connectivity index (χ1n) is 5.14. The molecule has 1 heterocycles. The molecule has 14 heavy (non-hydrogen) atoms. The highest BCUT2D eigenvalue weighted by Crippen LogP contribution is 2.45. The van der Waals surface area contributed by atoms with E-state index < -0.39 is 0 Å². The molecule has 0 bridgehead atoms. The first-order valence-corrected chi connectivity index (χ1v) is 5.14. The van der Waals surface area contributed by atoms with Crippen LogP contribution < -0.4 is 10.9 Å². The maximum atomic E-state index is 9.75. The van der Waals surface area contributed by atoms with Gasteiger partial charge in [-0.15, -0.1) is 0 Å². The zero-order valence-electron chi connectivity index (χ0n) is 8.03. The molecule has 0 saturated heterocycles. The normalized spacial score (nSPS) is 23.8. The lowest BCUT2D eigenvalue weighted by Crippen LogP contribution is -2.29. The van der Waals surface area contributed by atoms with E-state index in [0.29, 0.717) is 11.7 Å². The van der Waals surface area contributed by atoms with Crippen molar-refractivity contribution in [3.8, 4) is 5.75 Å². The van der Waals surface area contributed by atoms with E-state index >= 15 is 0 Å².